The fourth-order valence-corrected chi connectivity index (χ4v) is 3.79. The van der Waals surface area contributed by atoms with Crippen LogP contribution in [0.2, 0.25) is 0 Å². The summed E-state index contributed by atoms with van der Waals surface area (Å²) < 4.78 is 20.0. The first kappa shape index (κ1) is 18.6. The van der Waals surface area contributed by atoms with Crippen LogP contribution in [0.3, 0.4) is 0 Å². The molecule has 1 aliphatic rings. The highest BCUT2D eigenvalue weighted by Crippen LogP contribution is 2.28. The van der Waals surface area contributed by atoms with E-state index in [1.807, 2.05) is 12.1 Å². The average Bonchev–Trinajstić information content (AvgIpc) is 3.22. The molecule has 0 spiro atoms. The van der Waals surface area contributed by atoms with Gasteiger partial charge in [0.2, 0.25) is 5.82 Å². The van der Waals surface area contributed by atoms with Crippen LogP contribution in [0.1, 0.15) is 11.1 Å². The van der Waals surface area contributed by atoms with Gasteiger partial charge in [-0.1, -0.05) is 29.8 Å². The van der Waals surface area contributed by atoms with E-state index in [9.17, 15) is 0 Å². The smallest absolute Gasteiger partial charge is 0.271 e. The van der Waals surface area contributed by atoms with E-state index in [0.717, 1.165) is 43.3 Å². The molecule has 146 valence electrons. The molecule has 3 aromatic rings. The van der Waals surface area contributed by atoms with Crippen molar-refractivity contribution in [3.05, 3.63) is 59.7 Å². The van der Waals surface area contributed by atoms with Gasteiger partial charge in [0.25, 0.3) is 5.88 Å². The van der Waals surface area contributed by atoms with Gasteiger partial charge in [0.1, 0.15) is 12.4 Å². The zero-order valence-electron chi connectivity index (χ0n) is 16.2. The molecule has 1 saturated heterocycles. The number of hydrogen-bond acceptors (Lipinski definition) is 7. The Bertz CT molecular complexity index is 888. The third kappa shape index (κ3) is 4.20. The number of methoxy groups -OCH3 is 1. The third-order valence-corrected chi connectivity index (χ3v) is 5.46. The van der Waals surface area contributed by atoms with Crippen molar-refractivity contribution in [3.63, 3.8) is 0 Å². The first-order valence-electron chi connectivity index (χ1n) is 9.38. The van der Waals surface area contributed by atoms with Gasteiger partial charge >= 0.3 is 0 Å². The first-order chi connectivity index (χ1) is 13.7. The summed E-state index contributed by atoms with van der Waals surface area (Å²) in [6.45, 7) is 6.22. The van der Waals surface area contributed by atoms with Gasteiger partial charge in [-0.05, 0) is 36.8 Å². The van der Waals surface area contributed by atoms with Crippen LogP contribution in [0.5, 0.6) is 11.6 Å². The minimum absolute atomic E-state index is 0.504. The molecule has 1 fully saturated rings. The molecule has 0 amide bonds. The van der Waals surface area contributed by atoms with E-state index in [1.165, 1.54) is 23.0 Å². The van der Waals surface area contributed by atoms with E-state index in [4.69, 9.17) is 9.47 Å². The maximum Gasteiger partial charge on any atom is 0.271 e. The molecule has 0 radical (unpaired) electrons. The van der Waals surface area contributed by atoms with Gasteiger partial charge in [-0.15, -0.1) is 4.37 Å². The highest BCUT2D eigenvalue weighted by atomic mass is 32.1. The van der Waals surface area contributed by atoms with E-state index >= 15 is 0 Å². The largest absolute Gasteiger partial charge is 0.497 e. The molecule has 0 N–H and O–H groups in total. The van der Waals surface area contributed by atoms with E-state index in [1.54, 1.807) is 7.11 Å². The van der Waals surface area contributed by atoms with Crippen molar-refractivity contribution in [2.24, 2.45) is 0 Å². The fraction of sp³-hybridized carbons (Fsp3) is 0.333. The van der Waals surface area contributed by atoms with E-state index < -0.39 is 0 Å². The standard InChI is InChI=1S/C21H24N4O2S/c1-16-3-5-17(6-4-16)15-27-21-20(22-28-23-21)25-13-11-24(12-14-25)18-7-9-19(26-2)10-8-18/h3-10H,11-15H2,1-2H3. The molecule has 1 aliphatic heterocycles. The topological polar surface area (TPSA) is 50.7 Å². The average molecular weight is 397 g/mol. The van der Waals surface area contributed by atoms with Crippen molar-refractivity contribution in [1.29, 1.82) is 0 Å². The minimum atomic E-state index is 0.504. The zero-order chi connectivity index (χ0) is 19.3. The van der Waals surface area contributed by atoms with Gasteiger partial charge in [-0.3, -0.25) is 0 Å². The van der Waals surface area contributed by atoms with E-state index in [2.05, 4.69) is 61.9 Å². The molecule has 0 saturated carbocycles. The Labute approximate surface area is 169 Å². The van der Waals surface area contributed by atoms with Crippen molar-refractivity contribution in [1.82, 2.24) is 8.75 Å². The van der Waals surface area contributed by atoms with Crippen molar-refractivity contribution in [3.8, 4) is 11.6 Å². The quantitative estimate of drug-likeness (QED) is 0.632. The molecular weight excluding hydrogens is 372 g/mol. The van der Waals surface area contributed by atoms with Crippen molar-refractivity contribution < 1.29 is 9.47 Å². The lowest BCUT2D eigenvalue weighted by Crippen LogP contribution is -2.46. The van der Waals surface area contributed by atoms with Crippen LogP contribution in [-0.2, 0) is 6.61 Å². The van der Waals surface area contributed by atoms with Gasteiger partial charge in [0.05, 0.1) is 18.8 Å². The molecule has 2 heterocycles. The van der Waals surface area contributed by atoms with Gasteiger partial charge in [-0.2, -0.15) is 4.37 Å². The second-order valence-electron chi connectivity index (χ2n) is 6.84. The Balaban J connectivity index is 1.35. The van der Waals surface area contributed by atoms with Crippen molar-refractivity contribution in [2.45, 2.75) is 13.5 Å². The second kappa shape index (κ2) is 8.48. The molecule has 7 heteroatoms. The number of aromatic nitrogens is 2. The Morgan fingerprint density at radius 2 is 1.57 bits per heavy atom. The Kier molecular flexibility index (Phi) is 5.62. The molecule has 0 aliphatic carbocycles. The molecule has 6 nitrogen and oxygen atoms in total. The number of benzene rings is 2. The van der Waals surface area contributed by atoms with E-state index in [0.29, 0.717) is 12.5 Å². The summed E-state index contributed by atoms with van der Waals surface area (Å²) in [6, 6.07) is 16.6. The van der Waals surface area contributed by atoms with Gasteiger partial charge in [0, 0.05) is 31.9 Å². The Hall–Kier alpha value is -2.80. The maximum atomic E-state index is 5.96. The lowest BCUT2D eigenvalue weighted by atomic mass is 10.2. The normalized spacial score (nSPS) is 14.2. The molecular formula is C21H24N4O2S. The summed E-state index contributed by atoms with van der Waals surface area (Å²) >= 11 is 1.20. The van der Waals surface area contributed by atoms with Gasteiger partial charge < -0.3 is 19.3 Å². The monoisotopic (exact) mass is 396 g/mol. The molecule has 0 atom stereocenters. The lowest BCUT2D eigenvalue weighted by Gasteiger charge is -2.36. The summed E-state index contributed by atoms with van der Waals surface area (Å²) in [4.78, 5) is 4.64. The number of ether oxygens (including phenoxy) is 2. The van der Waals surface area contributed by atoms with Crippen LogP contribution >= 0.6 is 11.7 Å². The summed E-state index contributed by atoms with van der Waals surface area (Å²) in [5.74, 6) is 2.36. The van der Waals surface area contributed by atoms with Crippen LogP contribution in [-0.4, -0.2) is 42.0 Å². The van der Waals surface area contributed by atoms with Crippen LogP contribution in [0.4, 0.5) is 11.5 Å². The first-order valence-corrected chi connectivity index (χ1v) is 10.1. The summed E-state index contributed by atoms with van der Waals surface area (Å²) in [6.07, 6.45) is 0. The number of anilines is 2. The maximum absolute atomic E-state index is 5.96. The van der Waals surface area contributed by atoms with E-state index in [-0.39, 0.29) is 0 Å². The minimum Gasteiger partial charge on any atom is -0.497 e. The third-order valence-electron chi connectivity index (χ3n) is 4.96. The fourth-order valence-electron chi connectivity index (χ4n) is 3.27. The lowest BCUT2D eigenvalue weighted by molar-refractivity contribution is 0.296. The number of piperazine rings is 1. The number of aryl methyl sites for hydroxylation is 1. The number of hydrogen-bond donors (Lipinski definition) is 0. The SMILES string of the molecule is COc1ccc(N2CCN(c3nsnc3OCc3ccc(C)cc3)CC2)cc1. The highest BCUT2D eigenvalue weighted by Gasteiger charge is 2.23. The molecule has 0 unspecified atom stereocenters. The van der Waals surface area contributed by atoms with Crippen LogP contribution in [0.25, 0.3) is 0 Å². The predicted octanol–water partition coefficient (Wildman–Crippen LogP) is 3.76. The van der Waals surface area contributed by atoms with Crippen LogP contribution in [0.15, 0.2) is 48.5 Å². The zero-order valence-corrected chi connectivity index (χ0v) is 17.0. The van der Waals surface area contributed by atoms with Crippen molar-refractivity contribution >= 4 is 23.2 Å². The Morgan fingerprint density at radius 1 is 0.893 bits per heavy atom. The number of nitrogens with zero attached hydrogens (tertiary/aromatic N) is 4. The van der Waals surface area contributed by atoms with Gasteiger partial charge in [-0.25, -0.2) is 0 Å². The molecule has 1 aromatic heterocycles. The summed E-state index contributed by atoms with van der Waals surface area (Å²) in [5, 5.41) is 0. The Morgan fingerprint density at radius 3 is 2.25 bits per heavy atom. The molecule has 2 aromatic carbocycles. The van der Waals surface area contributed by atoms with Crippen LogP contribution in [0, 0.1) is 6.92 Å². The summed E-state index contributed by atoms with van der Waals surface area (Å²) in [5.41, 5.74) is 3.59. The van der Waals surface area contributed by atoms with Gasteiger partial charge in [0.15, 0.2) is 0 Å². The number of rotatable bonds is 6. The molecule has 28 heavy (non-hydrogen) atoms. The highest BCUT2D eigenvalue weighted by molar-refractivity contribution is 6.99. The van der Waals surface area contributed by atoms with Crippen molar-refractivity contribution in [2.75, 3.05) is 43.1 Å². The van der Waals surface area contributed by atoms with Crippen LogP contribution < -0.4 is 19.3 Å². The molecule has 4 rings (SSSR count). The molecule has 0 bridgehead atoms. The predicted molar refractivity (Wildman–Crippen MR) is 113 cm³/mol. The summed E-state index contributed by atoms with van der Waals surface area (Å²) in [7, 11) is 1.69. The second-order valence-corrected chi connectivity index (χ2v) is 7.37.